The number of hydrogen-bond donors (Lipinski definition) is 1. The van der Waals surface area contributed by atoms with Crippen molar-refractivity contribution in [2.24, 2.45) is 5.92 Å². The molecule has 0 saturated heterocycles. The molecule has 0 spiro atoms. The van der Waals surface area contributed by atoms with Gasteiger partial charge in [-0.2, -0.15) is 0 Å². The largest absolute Gasteiger partial charge is 0.489 e. The number of halogens is 1. The number of Topliss-reactive ketones (excluding diaryl/α,β-unsaturated/α-hetero) is 2. The van der Waals surface area contributed by atoms with Crippen LogP contribution in [0, 0.1) is 5.92 Å². The van der Waals surface area contributed by atoms with E-state index in [1.54, 1.807) is 12.1 Å². The van der Waals surface area contributed by atoms with Gasteiger partial charge in [-0.1, -0.05) is 106 Å². The van der Waals surface area contributed by atoms with Crippen LogP contribution in [0.2, 0.25) is 5.02 Å². The fourth-order valence-electron chi connectivity index (χ4n) is 6.48. The third kappa shape index (κ3) is 9.04. The molecule has 0 aromatic heterocycles. The van der Waals surface area contributed by atoms with Crippen LogP contribution in [0.1, 0.15) is 135 Å². The van der Waals surface area contributed by atoms with E-state index in [4.69, 9.17) is 21.4 Å². The van der Waals surface area contributed by atoms with Crippen molar-refractivity contribution in [2.75, 3.05) is 6.61 Å². The topological polar surface area (TPSA) is 80.7 Å². The maximum absolute atomic E-state index is 13.7. The summed E-state index contributed by atoms with van der Waals surface area (Å²) in [6.07, 6.45) is 15.9. The third-order valence-corrected chi connectivity index (χ3v) is 9.12. The number of rotatable bonds is 17. The van der Waals surface area contributed by atoms with Crippen LogP contribution in [-0.2, 0) is 9.53 Å². The highest BCUT2D eigenvalue weighted by Gasteiger charge is 2.38. The van der Waals surface area contributed by atoms with E-state index in [1.807, 2.05) is 24.3 Å². The van der Waals surface area contributed by atoms with Crippen LogP contribution in [0.3, 0.4) is 0 Å². The summed E-state index contributed by atoms with van der Waals surface area (Å²) in [5.41, 5.74) is 2.84. The fraction of sp³-hybridized carbons (Fsp3) is 0.528. The Kier molecular flexibility index (Phi) is 12.7. The first-order chi connectivity index (χ1) is 20.5. The molecule has 2 aromatic rings. The molecule has 0 bridgehead atoms. The van der Waals surface area contributed by atoms with Crippen molar-refractivity contribution in [3.8, 4) is 0 Å². The average molecular weight is 593 g/mol. The standard InChI is InChI=1S/C36H45ClO5/c37-29-23-21-27(22-24-29)26-17-19-28(20-18-26)33-34(40)30-14-11-12-15-31(30)35(41)36(33)42-25-13-9-7-5-3-1-2-4-6-8-10-16-32(38)39/h11-12,14-15,21-24,26,28H,1-10,13,16-20,25H2,(H,38,39). The zero-order valence-electron chi connectivity index (χ0n) is 24.8. The Hall–Kier alpha value is -2.92. The molecule has 42 heavy (non-hydrogen) atoms. The van der Waals surface area contributed by atoms with Gasteiger partial charge in [0.1, 0.15) is 0 Å². The van der Waals surface area contributed by atoms with Crippen LogP contribution >= 0.6 is 11.6 Å². The Morgan fingerprint density at radius 3 is 1.76 bits per heavy atom. The summed E-state index contributed by atoms with van der Waals surface area (Å²) >= 11 is 6.08. The van der Waals surface area contributed by atoms with E-state index in [1.165, 1.54) is 37.7 Å². The number of aliphatic carboxylic acids is 1. The Balaban J connectivity index is 1.24. The molecule has 0 unspecified atom stereocenters. The van der Waals surface area contributed by atoms with Gasteiger partial charge >= 0.3 is 5.97 Å². The maximum atomic E-state index is 13.7. The maximum Gasteiger partial charge on any atom is 0.303 e. The summed E-state index contributed by atoms with van der Waals surface area (Å²) in [6.45, 7) is 0.455. The predicted molar refractivity (Wildman–Crippen MR) is 167 cm³/mol. The second-order valence-electron chi connectivity index (χ2n) is 11.9. The second-order valence-corrected chi connectivity index (χ2v) is 12.4. The summed E-state index contributed by atoms with van der Waals surface area (Å²) in [6, 6.07) is 15.2. The van der Waals surface area contributed by atoms with Crippen molar-refractivity contribution < 1.29 is 24.2 Å². The second kappa shape index (κ2) is 16.6. The van der Waals surface area contributed by atoms with Crippen molar-refractivity contribution in [3.63, 3.8) is 0 Å². The molecule has 1 saturated carbocycles. The Labute approximate surface area is 255 Å². The van der Waals surface area contributed by atoms with Gasteiger partial charge in [0.2, 0.25) is 5.78 Å². The van der Waals surface area contributed by atoms with E-state index in [-0.39, 0.29) is 29.7 Å². The number of fused-ring (bicyclic) bond motifs is 1. The number of ether oxygens (including phenoxy) is 1. The highest BCUT2D eigenvalue weighted by molar-refractivity contribution is 6.30. The number of carboxylic acid groups (broad SMARTS) is 1. The fourth-order valence-corrected chi connectivity index (χ4v) is 6.61. The van der Waals surface area contributed by atoms with E-state index in [9.17, 15) is 14.4 Å². The molecule has 6 heteroatoms. The summed E-state index contributed by atoms with van der Waals surface area (Å²) in [5, 5.41) is 9.42. The summed E-state index contributed by atoms with van der Waals surface area (Å²) in [7, 11) is 0. The lowest BCUT2D eigenvalue weighted by Gasteiger charge is -2.32. The van der Waals surface area contributed by atoms with E-state index < -0.39 is 5.97 Å². The first-order valence-corrected chi connectivity index (χ1v) is 16.4. The molecular formula is C36H45ClO5. The van der Waals surface area contributed by atoms with Gasteiger partial charge in [-0.3, -0.25) is 14.4 Å². The molecule has 1 N–H and O–H groups in total. The van der Waals surface area contributed by atoms with Gasteiger partial charge in [-0.25, -0.2) is 0 Å². The van der Waals surface area contributed by atoms with Gasteiger partial charge in [-0.15, -0.1) is 0 Å². The van der Waals surface area contributed by atoms with Gasteiger partial charge in [0, 0.05) is 28.1 Å². The van der Waals surface area contributed by atoms with Crippen LogP contribution in [-0.4, -0.2) is 29.2 Å². The van der Waals surface area contributed by atoms with Gasteiger partial charge < -0.3 is 9.84 Å². The average Bonchev–Trinajstić information content (AvgIpc) is 3.00. The minimum absolute atomic E-state index is 0.0329. The summed E-state index contributed by atoms with van der Waals surface area (Å²) in [4.78, 5) is 37.8. The number of unbranched alkanes of at least 4 members (excludes halogenated alkanes) is 10. The van der Waals surface area contributed by atoms with Gasteiger partial charge in [0.05, 0.1) is 6.61 Å². The molecule has 2 aliphatic carbocycles. The van der Waals surface area contributed by atoms with E-state index >= 15 is 0 Å². The minimum Gasteiger partial charge on any atom is -0.489 e. The number of ketones is 2. The van der Waals surface area contributed by atoms with E-state index in [0.717, 1.165) is 69.2 Å². The zero-order valence-corrected chi connectivity index (χ0v) is 25.5. The third-order valence-electron chi connectivity index (χ3n) is 8.87. The summed E-state index contributed by atoms with van der Waals surface area (Å²) < 4.78 is 6.18. The highest BCUT2D eigenvalue weighted by Crippen LogP contribution is 2.42. The van der Waals surface area contributed by atoms with Crippen LogP contribution in [0.5, 0.6) is 0 Å². The molecule has 0 aliphatic heterocycles. The molecule has 1 fully saturated rings. The van der Waals surface area contributed by atoms with Crippen molar-refractivity contribution in [1.82, 2.24) is 0 Å². The molecule has 5 nitrogen and oxygen atoms in total. The zero-order chi connectivity index (χ0) is 29.7. The number of carbonyl (C=O) groups excluding carboxylic acids is 2. The van der Waals surface area contributed by atoms with Crippen molar-refractivity contribution in [1.29, 1.82) is 0 Å². The number of benzene rings is 2. The number of carbonyl (C=O) groups is 3. The molecule has 226 valence electrons. The highest BCUT2D eigenvalue weighted by atomic mass is 35.5. The van der Waals surface area contributed by atoms with Crippen LogP contribution in [0.25, 0.3) is 0 Å². The number of hydrogen-bond acceptors (Lipinski definition) is 4. The monoisotopic (exact) mass is 592 g/mol. The normalized spacial score (nSPS) is 18.7. The lowest BCUT2D eigenvalue weighted by Crippen LogP contribution is -2.29. The van der Waals surface area contributed by atoms with Crippen LogP contribution in [0.15, 0.2) is 59.9 Å². The first-order valence-electron chi connectivity index (χ1n) is 16.0. The van der Waals surface area contributed by atoms with Crippen LogP contribution in [0.4, 0.5) is 0 Å². The molecule has 0 amide bonds. The first kappa shape index (κ1) is 32.0. The number of allylic oxidation sites excluding steroid dienone is 2. The van der Waals surface area contributed by atoms with Gasteiger partial charge in [-0.05, 0) is 68.1 Å². The van der Waals surface area contributed by atoms with Gasteiger partial charge in [0.15, 0.2) is 11.5 Å². The smallest absolute Gasteiger partial charge is 0.303 e. The SMILES string of the molecule is O=C(O)CCCCCCCCCCCCCOC1=C(C2CCC(c3ccc(Cl)cc3)CC2)C(=O)c2ccccc2C1=O. The van der Waals surface area contributed by atoms with Crippen LogP contribution < -0.4 is 0 Å². The Morgan fingerprint density at radius 2 is 1.19 bits per heavy atom. The molecule has 0 radical (unpaired) electrons. The minimum atomic E-state index is -0.699. The molecule has 4 rings (SSSR count). The Morgan fingerprint density at radius 1 is 0.690 bits per heavy atom. The van der Waals surface area contributed by atoms with E-state index in [2.05, 4.69) is 12.1 Å². The molecular weight excluding hydrogens is 548 g/mol. The Bertz CT molecular complexity index is 1220. The number of carboxylic acids is 1. The lowest BCUT2D eigenvalue weighted by molar-refractivity contribution is -0.137. The molecule has 2 aliphatic rings. The predicted octanol–water partition coefficient (Wildman–Crippen LogP) is 9.73. The van der Waals surface area contributed by atoms with Gasteiger partial charge in [0.25, 0.3) is 0 Å². The van der Waals surface area contributed by atoms with Crippen molar-refractivity contribution in [2.45, 2.75) is 109 Å². The van der Waals surface area contributed by atoms with Crippen molar-refractivity contribution in [3.05, 3.63) is 81.6 Å². The van der Waals surface area contributed by atoms with E-state index in [0.29, 0.717) is 29.2 Å². The molecule has 0 heterocycles. The molecule has 0 atom stereocenters. The summed E-state index contributed by atoms with van der Waals surface area (Å²) in [5.74, 6) is -0.133. The molecule has 2 aromatic carbocycles. The quantitative estimate of drug-likeness (QED) is 0.185. The lowest BCUT2D eigenvalue weighted by atomic mass is 9.72. The van der Waals surface area contributed by atoms with Crippen molar-refractivity contribution >= 4 is 29.1 Å².